The highest BCUT2D eigenvalue weighted by Crippen LogP contribution is 2.17. The normalized spacial score (nSPS) is 13.6. The minimum absolute atomic E-state index is 0.0972. The molecule has 0 saturated carbocycles. The lowest BCUT2D eigenvalue weighted by Crippen LogP contribution is -2.02. The average molecular weight is 137 g/mol. The first kappa shape index (κ1) is 8.20. The molecule has 0 spiro atoms. The van der Waals surface area contributed by atoms with Gasteiger partial charge in [-0.15, -0.1) is 0 Å². The van der Waals surface area contributed by atoms with E-state index >= 15 is 0 Å². The van der Waals surface area contributed by atoms with E-state index in [1.807, 2.05) is 0 Å². The van der Waals surface area contributed by atoms with Crippen LogP contribution >= 0.6 is 0 Å². The van der Waals surface area contributed by atoms with Gasteiger partial charge in [-0.25, -0.2) is 0 Å². The lowest BCUT2D eigenvalue weighted by atomic mass is 10.3. The molecule has 1 radical (unpaired) electrons. The van der Waals surface area contributed by atoms with Crippen LogP contribution in [0.5, 0.6) is 0 Å². The summed E-state index contributed by atoms with van der Waals surface area (Å²) in [5.74, 6) is 0. The summed E-state index contributed by atoms with van der Waals surface area (Å²) in [7, 11) is 0. The zero-order valence-corrected chi connectivity index (χ0v) is 4.62. The number of halogens is 3. The smallest absolute Gasteiger partial charge is 0.285 e. The van der Waals surface area contributed by atoms with Crippen LogP contribution in [0.3, 0.4) is 0 Å². The van der Waals surface area contributed by atoms with Crippen LogP contribution in [0.4, 0.5) is 13.2 Å². The fourth-order valence-electron chi connectivity index (χ4n) is 0.275. The Morgan fingerprint density at radius 1 is 1.56 bits per heavy atom. The summed E-state index contributed by atoms with van der Waals surface area (Å²) in [6.07, 6.45) is -3.39. The van der Waals surface area contributed by atoms with Crippen LogP contribution in [-0.4, -0.2) is 12.5 Å². The van der Waals surface area contributed by atoms with E-state index in [4.69, 9.17) is 0 Å². The fourth-order valence-corrected chi connectivity index (χ4v) is 0.275. The Bertz CT molecular complexity index is 134. The monoisotopic (exact) mass is 137 g/mol. The van der Waals surface area contributed by atoms with Gasteiger partial charge < -0.3 is 0 Å². The minimum atomic E-state index is -4.40. The molecule has 1 nitrogen and oxygen atoms in total. The summed E-state index contributed by atoms with van der Waals surface area (Å²) in [5.41, 5.74) is -0.442. The number of rotatable bonds is 1. The number of hydrogen-bond acceptors (Lipinski definition) is 1. The molecule has 0 aliphatic rings. The van der Waals surface area contributed by atoms with Crippen LogP contribution in [0.25, 0.3) is 0 Å². The lowest BCUT2D eigenvalue weighted by molar-refractivity contribution is -0.0802. The van der Waals surface area contributed by atoms with Crippen molar-refractivity contribution in [3.8, 4) is 0 Å². The van der Waals surface area contributed by atoms with Crippen molar-refractivity contribution in [2.24, 2.45) is 0 Å². The molecule has 0 aliphatic carbocycles. The first-order valence-corrected chi connectivity index (χ1v) is 2.10. The van der Waals surface area contributed by atoms with E-state index in [1.165, 1.54) is 0 Å². The third-order valence-corrected chi connectivity index (χ3v) is 0.541. The molecule has 0 heterocycles. The van der Waals surface area contributed by atoms with E-state index < -0.39 is 11.7 Å². The molecule has 0 saturated heterocycles. The summed E-state index contributed by atoms with van der Waals surface area (Å²) >= 11 is 0. The van der Waals surface area contributed by atoms with Crippen molar-refractivity contribution in [3.63, 3.8) is 0 Å². The van der Waals surface area contributed by atoms with E-state index in [0.717, 1.165) is 13.2 Å². The first-order chi connectivity index (χ1) is 3.95. The number of allylic oxidation sites excluding steroid dienone is 2. The van der Waals surface area contributed by atoms with Gasteiger partial charge in [0, 0.05) is 11.6 Å². The molecule has 0 amide bonds. The third-order valence-electron chi connectivity index (χ3n) is 0.541. The highest BCUT2D eigenvalue weighted by molar-refractivity contribution is 5.72. The molecule has 0 atom stereocenters. The zero-order valence-electron chi connectivity index (χ0n) is 4.62. The summed E-state index contributed by atoms with van der Waals surface area (Å²) in [6, 6.07) is 0. The standard InChI is InChI=1S/C5H4F3O/c1-4(3-9)2-5(6,7)8/h2H,1H3. The van der Waals surface area contributed by atoms with Crippen LogP contribution in [0.15, 0.2) is 11.6 Å². The van der Waals surface area contributed by atoms with Crippen LogP contribution in [0.1, 0.15) is 6.92 Å². The van der Waals surface area contributed by atoms with Crippen molar-refractivity contribution < 1.29 is 18.0 Å². The van der Waals surface area contributed by atoms with Gasteiger partial charge in [0.05, 0.1) is 0 Å². The van der Waals surface area contributed by atoms with E-state index in [0.29, 0.717) is 0 Å². The number of carbonyl (C=O) groups excluding carboxylic acids is 1. The molecule has 4 heteroatoms. The maximum atomic E-state index is 11.2. The molecule has 51 valence electrons. The van der Waals surface area contributed by atoms with Gasteiger partial charge in [-0.2, -0.15) is 13.2 Å². The second kappa shape index (κ2) is 2.66. The predicted octanol–water partition coefficient (Wildman–Crippen LogP) is 1.60. The Kier molecular flexibility index (Phi) is 2.42. The van der Waals surface area contributed by atoms with Crippen LogP contribution < -0.4 is 0 Å². The molecular weight excluding hydrogens is 133 g/mol. The Labute approximate surface area is 50.2 Å². The fraction of sp³-hybridized carbons (Fsp3) is 0.400. The summed E-state index contributed by atoms with van der Waals surface area (Å²) in [6.45, 7) is 1.04. The van der Waals surface area contributed by atoms with E-state index in [1.54, 1.807) is 0 Å². The Morgan fingerprint density at radius 3 is 2.11 bits per heavy atom. The van der Waals surface area contributed by atoms with E-state index in [9.17, 15) is 18.0 Å². The van der Waals surface area contributed by atoms with Crippen molar-refractivity contribution in [3.05, 3.63) is 11.6 Å². The highest BCUT2D eigenvalue weighted by Gasteiger charge is 2.23. The molecule has 0 aliphatic heterocycles. The number of alkyl halides is 3. The lowest BCUT2D eigenvalue weighted by Gasteiger charge is -1.96. The quantitative estimate of drug-likeness (QED) is 0.501. The van der Waals surface area contributed by atoms with Gasteiger partial charge in [-0.1, -0.05) is 0 Å². The van der Waals surface area contributed by atoms with Gasteiger partial charge in [0.1, 0.15) is 0 Å². The van der Waals surface area contributed by atoms with Crippen molar-refractivity contribution in [1.82, 2.24) is 0 Å². The molecule has 0 bridgehead atoms. The third kappa shape index (κ3) is 5.06. The van der Waals surface area contributed by atoms with Crippen molar-refractivity contribution in [2.75, 3.05) is 0 Å². The van der Waals surface area contributed by atoms with Gasteiger partial charge in [0.2, 0.25) is 6.29 Å². The molecule has 0 fully saturated rings. The number of hydrogen-bond donors (Lipinski definition) is 0. The summed E-state index contributed by atoms with van der Waals surface area (Å²) in [5, 5.41) is 0. The van der Waals surface area contributed by atoms with Gasteiger partial charge >= 0.3 is 6.18 Å². The molecule has 9 heavy (non-hydrogen) atoms. The predicted molar refractivity (Wildman–Crippen MR) is 25.5 cm³/mol. The Balaban J connectivity index is 4.11. The Hall–Kier alpha value is -0.800. The molecule has 0 aromatic rings. The highest BCUT2D eigenvalue weighted by atomic mass is 19.4. The van der Waals surface area contributed by atoms with Crippen molar-refractivity contribution >= 4 is 6.29 Å². The molecule has 0 unspecified atom stereocenters. The van der Waals surface area contributed by atoms with Crippen LogP contribution in [0, 0.1) is 0 Å². The topological polar surface area (TPSA) is 17.1 Å². The molecule has 0 rings (SSSR count). The minimum Gasteiger partial charge on any atom is -0.285 e. The molecular formula is C5H4F3O. The molecule has 0 aromatic carbocycles. The maximum absolute atomic E-state index is 11.2. The Morgan fingerprint density at radius 2 is 2.00 bits per heavy atom. The molecule has 0 aromatic heterocycles. The van der Waals surface area contributed by atoms with Gasteiger partial charge in [-0.3, -0.25) is 4.79 Å². The molecule has 0 N–H and O–H groups in total. The second-order valence-corrected chi connectivity index (χ2v) is 1.47. The zero-order chi connectivity index (χ0) is 7.49. The van der Waals surface area contributed by atoms with Crippen LogP contribution in [-0.2, 0) is 4.79 Å². The second-order valence-electron chi connectivity index (χ2n) is 1.47. The average Bonchev–Trinajstić information content (AvgIpc) is 1.62. The van der Waals surface area contributed by atoms with Crippen molar-refractivity contribution in [1.29, 1.82) is 0 Å². The van der Waals surface area contributed by atoms with E-state index in [2.05, 4.69) is 0 Å². The summed E-state index contributed by atoms with van der Waals surface area (Å²) in [4.78, 5) is 9.49. The van der Waals surface area contributed by atoms with Crippen molar-refractivity contribution in [2.45, 2.75) is 13.1 Å². The SMILES string of the molecule is CC([C]=O)=CC(F)(F)F. The largest absolute Gasteiger partial charge is 0.410 e. The first-order valence-electron chi connectivity index (χ1n) is 2.10. The van der Waals surface area contributed by atoms with Gasteiger partial charge in [-0.05, 0) is 6.92 Å². The van der Waals surface area contributed by atoms with E-state index in [-0.39, 0.29) is 6.08 Å². The van der Waals surface area contributed by atoms with Gasteiger partial charge in [0.25, 0.3) is 0 Å². The maximum Gasteiger partial charge on any atom is 0.410 e. The van der Waals surface area contributed by atoms with Gasteiger partial charge in [0.15, 0.2) is 0 Å². The van der Waals surface area contributed by atoms with Crippen LogP contribution in [0.2, 0.25) is 0 Å². The summed E-state index contributed by atoms with van der Waals surface area (Å²) < 4.78 is 33.7.